The molecular formula is C15H24O12. The zero-order valence-corrected chi connectivity index (χ0v) is 14.4. The Hall–Kier alpha value is -2.80. The maximum absolute atomic E-state index is 9.87. The topological polar surface area (TPSA) is 230 Å². The molecule has 0 aromatic rings. The van der Waals surface area contributed by atoms with E-state index in [9.17, 15) is 19.2 Å². The van der Waals surface area contributed by atoms with Gasteiger partial charge in [-0.05, 0) is 0 Å². The number of carbonyl (C=O) groups is 4. The Morgan fingerprint density at radius 1 is 0.593 bits per heavy atom. The zero-order chi connectivity index (χ0) is 22.2. The Bertz CT molecular complexity index is 477. The fourth-order valence-electron chi connectivity index (χ4n) is 0.816. The minimum Gasteiger partial charge on any atom is -0.481 e. The van der Waals surface area contributed by atoms with Crippen molar-refractivity contribution in [1.82, 2.24) is 0 Å². The molecule has 0 aliphatic rings. The maximum atomic E-state index is 9.87. The van der Waals surface area contributed by atoms with Gasteiger partial charge in [-0.15, -0.1) is 0 Å². The van der Waals surface area contributed by atoms with Crippen molar-refractivity contribution in [1.29, 1.82) is 0 Å². The molecule has 0 rings (SSSR count). The number of aliphatic hydroxyl groups is 4. The van der Waals surface area contributed by atoms with Gasteiger partial charge in [-0.3, -0.25) is 9.59 Å². The number of carboxylic acid groups (broad SMARTS) is 4. The molecule has 0 heterocycles. The van der Waals surface area contributed by atoms with Crippen LogP contribution in [0.5, 0.6) is 0 Å². The van der Waals surface area contributed by atoms with E-state index in [1.807, 2.05) is 0 Å². The molecule has 0 fully saturated rings. The first-order valence-corrected chi connectivity index (χ1v) is 7.01. The van der Waals surface area contributed by atoms with Gasteiger partial charge < -0.3 is 40.9 Å². The van der Waals surface area contributed by atoms with Crippen LogP contribution >= 0.6 is 0 Å². The summed E-state index contributed by atoms with van der Waals surface area (Å²) in [6.45, 7) is 4.40. The van der Waals surface area contributed by atoms with Gasteiger partial charge in [-0.1, -0.05) is 13.2 Å². The van der Waals surface area contributed by atoms with Crippen molar-refractivity contribution in [3.05, 3.63) is 24.3 Å². The van der Waals surface area contributed by atoms with Crippen LogP contribution in [-0.2, 0) is 19.2 Å². The highest BCUT2D eigenvalue weighted by atomic mass is 16.4. The van der Waals surface area contributed by atoms with Gasteiger partial charge in [-0.2, -0.15) is 0 Å². The molecule has 0 aromatic carbocycles. The number of aliphatic hydroxyl groups excluding tert-OH is 4. The van der Waals surface area contributed by atoms with Crippen molar-refractivity contribution < 1.29 is 60.0 Å². The second-order valence-corrected chi connectivity index (χ2v) is 5.09. The molecule has 8 N–H and O–H groups in total. The number of rotatable bonds is 10. The second kappa shape index (κ2) is 15.5. The highest BCUT2D eigenvalue weighted by Gasteiger charge is 2.26. The minimum atomic E-state index is -1.27. The number of hydrogen-bond donors (Lipinski definition) is 8. The van der Waals surface area contributed by atoms with Gasteiger partial charge >= 0.3 is 23.9 Å². The van der Waals surface area contributed by atoms with Crippen LogP contribution in [0.25, 0.3) is 0 Å². The fourth-order valence-corrected chi connectivity index (χ4v) is 0.816. The SMILES string of the molecule is C=C(CC(=O)O)C(=O)O.C=C(CC(=O)O)C(=O)O.OCC(CO)(CO)CO. The van der Waals surface area contributed by atoms with Crippen molar-refractivity contribution in [2.24, 2.45) is 5.41 Å². The molecule has 0 unspecified atom stereocenters. The van der Waals surface area contributed by atoms with Gasteiger partial charge in [-0.25, -0.2) is 9.59 Å². The number of aliphatic carboxylic acids is 4. The van der Waals surface area contributed by atoms with Crippen LogP contribution in [0.1, 0.15) is 12.8 Å². The van der Waals surface area contributed by atoms with E-state index in [1.165, 1.54) is 0 Å². The lowest BCUT2D eigenvalue weighted by Crippen LogP contribution is -2.37. The predicted molar refractivity (Wildman–Crippen MR) is 88.8 cm³/mol. The van der Waals surface area contributed by atoms with Gasteiger partial charge in [0.1, 0.15) is 0 Å². The molecule has 0 saturated carbocycles. The summed E-state index contributed by atoms with van der Waals surface area (Å²) < 4.78 is 0. The molecule has 27 heavy (non-hydrogen) atoms. The third-order valence-corrected chi connectivity index (χ3v) is 2.68. The predicted octanol–water partition coefficient (Wildman–Crippen LogP) is -1.85. The Labute approximate surface area is 153 Å². The Morgan fingerprint density at radius 3 is 0.852 bits per heavy atom. The summed E-state index contributed by atoms with van der Waals surface area (Å²) in [6, 6.07) is 0. The molecule has 0 aliphatic carbocycles. The molecule has 0 spiro atoms. The number of hydrogen-bond acceptors (Lipinski definition) is 8. The van der Waals surface area contributed by atoms with Gasteiger partial charge in [0.25, 0.3) is 0 Å². The lowest BCUT2D eigenvalue weighted by Gasteiger charge is -2.23. The van der Waals surface area contributed by atoms with E-state index in [0.717, 1.165) is 0 Å². The molecule has 0 saturated heterocycles. The molecule has 0 aliphatic heterocycles. The molecule has 0 amide bonds. The van der Waals surface area contributed by atoms with E-state index in [1.54, 1.807) is 0 Å². The first kappa shape index (κ1) is 29.0. The fraction of sp³-hybridized carbons (Fsp3) is 0.467. The normalized spacial score (nSPS) is 9.63. The van der Waals surface area contributed by atoms with Crippen LogP contribution in [-0.4, -0.2) is 91.2 Å². The van der Waals surface area contributed by atoms with Crippen molar-refractivity contribution in [2.45, 2.75) is 12.8 Å². The highest BCUT2D eigenvalue weighted by molar-refractivity contribution is 5.91. The summed E-state index contributed by atoms with van der Waals surface area (Å²) in [7, 11) is 0. The molecule has 12 heteroatoms. The second-order valence-electron chi connectivity index (χ2n) is 5.09. The van der Waals surface area contributed by atoms with Crippen molar-refractivity contribution >= 4 is 23.9 Å². The van der Waals surface area contributed by atoms with Crippen LogP contribution < -0.4 is 0 Å². The van der Waals surface area contributed by atoms with Crippen LogP contribution in [0, 0.1) is 5.41 Å². The average molecular weight is 396 g/mol. The summed E-state index contributed by atoms with van der Waals surface area (Å²) in [4.78, 5) is 39.3. The van der Waals surface area contributed by atoms with Crippen LogP contribution in [0.2, 0.25) is 0 Å². The van der Waals surface area contributed by atoms with Gasteiger partial charge in [0.2, 0.25) is 0 Å². The van der Waals surface area contributed by atoms with Crippen LogP contribution in [0.15, 0.2) is 24.3 Å². The van der Waals surface area contributed by atoms with E-state index < -0.39 is 68.6 Å². The Kier molecular flexibility index (Phi) is 16.6. The van der Waals surface area contributed by atoms with E-state index in [-0.39, 0.29) is 11.1 Å². The first-order valence-electron chi connectivity index (χ1n) is 7.01. The van der Waals surface area contributed by atoms with Crippen molar-refractivity contribution in [3.63, 3.8) is 0 Å². The summed E-state index contributed by atoms with van der Waals surface area (Å²) in [5.41, 5.74) is -1.72. The number of carboxylic acids is 4. The minimum absolute atomic E-state index is 0.303. The average Bonchev–Trinajstić information content (AvgIpc) is 2.57. The van der Waals surface area contributed by atoms with Crippen LogP contribution in [0.3, 0.4) is 0 Å². The maximum Gasteiger partial charge on any atom is 0.331 e. The van der Waals surface area contributed by atoms with E-state index in [4.69, 9.17) is 40.9 Å². The summed E-state index contributed by atoms with van der Waals surface area (Å²) in [6.07, 6.45) is -1.01. The first-order chi connectivity index (χ1) is 12.3. The molecule has 0 aromatic heterocycles. The molecule has 0 radical (unpaired) electrons. The smallest absolute Gasteiger partial charge is 0.331 e. The monoisotopic (exact) mass is 396 g/mol. The molecular weight excluding hydrogens is 372 g/mol. The third kappa shape index (κ3) is 16.4. The van der Waals surface area contributed by atoms with Crippen molar-refractivity contribution in [2.75, 3.05) is 26.4 Å². The van der Waals surface area contributed by atoms with Gasteiger partial charge in [0.05, 0.1) is 44.7 Å². The third-order valence-electron chi connectivity index (χ3n) is 2.68. The molecule has 0 atom stereocenters. The zero-order valence-electron chi connectivity index (χ0n) is 14.4. The summed E-state index contributed by atoms with van der Waals surface area (Å²) >= 11 is 0. The standard InChI is InChI=1S/C5H12O4.2C5H6O4/c6-1-5(2-7,3-8)4-9;2*1-3(5(8)9)2-4(6)7/h6-9H,1-4H2;2*1-2H2,(H,6,7)(H,8,9). The quantitative estimate of drug-likeness (QED) is 0.190. The largest absolute Gasteiger partial charge is 0.481 e. The molecule has 0 bridgehead atoms. The van der Waals surface area contributed by atoms with E-state index >= 15 is 0 Å². The van der Waals surface area contributed by atoms with Crippen LogP contribution in [0.4, 0.5) is 0 Å². The van der Waals surface area contributed by atoms with Gasteiger partial charge in [0, 0.05) is 11.1 Å². The summed E-state index contributed by atoms with van der Waals surface area (Å²) in [5.74, 6) is -4.89. The van der Waals surface area contributed by atoms with E-state index in [2.05, 4.69) is 13.2 Å². The summed E-state index contributed by atoms with van der Waals surface area (Å²) in [5, 5.41) is 66.1. The van der Waals surface area contributed by atoms with Crippen molar-refractivity contribution in [3.8, 4) is 0 Å². The van der Waals surface area contributed by atoms with Gasteiger partial charge in [0.15, 0.2) is 0 Å². The highest BCUT2D eigenvalue weighted by Crippen LogP contribution is 2.11. The Balaban J connectivity index is -0.000000320. The lowest BCUT2D eigenvalue weighted by atomic mass is 9.93. The molecule has 12 nitrogen and oxygen atoms in total. The van der Waals surface area contributed by atoms with E-state index in [0.29, 0.717) is 0 Å². The lowest BCUT2D eigenvalue weighted by molar-refractivity contribution is -0.139. The Morgan fingerprint density at radius 2 is 0.815 bits per heavy atom. The molecule has 156 valence electrons.